The topological polar surface area (TPSA) is 47.4 Å². The minimum atomic E-state index is -0.434. The lowest BCUT2D eigenvalue weighted by Crippen LogP contribution is -2.38. The molecular weight excluding hydrogens is 352 g/mol. The molecule has 0 fully saturated rings. The molecule has 0 bridgehead atoms. The van der Waals surface area contributed by atoms with Gasteiger partial charge in [0.2, 0.25) is 5.88 Å². The molecule has 27 heavy (non-hydrogen) atoms. The zero-order valence-electron chi connectivity index (χ0n) is 14.4. The van der Waals surface area contributed by atoms with Crippen molar-refractivity contribution in [1.82, 2.24) is 14.7 Å². The predicted octanol–water partition coefficient (Wildman–Crippen LogP) is 3.40. The fourth-order valence-electron chi connectivity index (χ4n) is 3.07. The zero-order chi connectivity index (χ0) is 18.8. The summed E-state index contributed by atoms with van der Waals surface area (Å²) in [7, 11) is 0. The monoisotopic (exact) mass is 369 g/mol. The molecule has 0 N–H and O–H groups in total. The second kappa shape index (κ2) is 7.19. The van der Waals surface area contributed by atoms with Crippen molar-refractivity contribution in [3.05, 3.63) is 83.1 Å². The van der Waals surface area contributed by atoms with Gasteiger partial charge >= 0.3 is 0 Å². The Morgan fingerprint density at radius 2 is 1.81 bits per heavy atom. The molecule has 138 valence electrons. The molecular formula is C20H17F2N3O2. The number of fused-ring (bicyclic) bond motifs is 1. The molecule has 7 heteroatoms. The number of carbonyl (C=O) groups excluding carboxylic acids is 1. The summed E-state index contributed by atoms with van der Waals surface area (Å²) in [6.45, 7) is 1.58. The van der Waals surface area contributed by atoms with Gasteiger partial charge in [-0.2, -0.15) is 0 Å². The summed E-state index contributed by atoms with van der Waals surface area (Å²) in [6.07, 6.45) is 0. The number of carbonyl (C=O) groups is 1. The summed E-state index contributed by atoms with van der Waals surface area (Å²) < 4.78 is 34.0. The van der Waals surface area contributed by atoms with Crippen molar-refractivity contribution in [2.45, 2.75) is 19.7 Å². The first-order valence-corrected chi connectivity index (χ1v) is 8.57. The molecule has 1 aliphatic rings. The van der Waals surface area contributed by atoms with Gasteiger partial charge < -0.3 is 9.64 Å². The first kappa shape index (κ1) is 17.2. The van der Waals surface area contributed by atoms with Crippen LogP contribution in [0.15, 0.2) is 54.6 Å². The van der Waals surface area contributed by atoms with Crippen LogP contribution in [-0.2, 0) is 19.7 Å². The van der Waals surface area contributed by atoms with Crippen molar-refractivity contribution in [1.29, 1.82) is 0 Å². The minimum absolute atomic E-state index is 0.208. The lowest BCUT2D eigenvalue weighted by atomic mass is 10.1. The van der Waals surface area contributed by atoms with Crippen LogP contribution in [0, 0.1) is 11.6 Å². The van der Waals surface area contributed by atoms with E-state index in [9.17, 15) is 13.6 Å². The molecule has 0 saturated heterocycles. The van der Waals surface area contributed by atoms with Crippen molar-refractivity contribution in [3.63, 3.8) is 0 Å². The van der Waals surface area contributed by atoms with Crippen LogP contribution in [0.3, 0.4) is 0 Å². The first-order valence-electron chi connectivity index (χ1n) is 8.57. The summed E-state index contributed by atoms with van der Waals surface area (Å²) in [4.78, 5) is 14.2. The van der Waals surface area contributed by atoms with E-state index in [4.69, 9.17) is 4.74 Å². The smallest absolute Gasteiger partial charge is 0.254 e. The Hall–Kier alpha value is -3.22. The van der Waals surface area contributed by atoms with Crippen molar-refractivity contribution in [3.8, 4) is 5.88 Å². The highest BCUT2D eigenvalue weighted by molar-refractivity contribution is 5.94. The van der Waals surface area contributed by atoms with Gasteiger partial charge in [-0.3, -0.25) is 9.48 Å². The molecule has 0 saturated carbocycles. The van der Waals surface area contributed by atoms with E-state index in [0.717, 1.165) is 5.69 Å². The van der Waals surface area contributed by atoms with E-state index in [1.807, 2.05) is 0 Å². The van der Waals surface area contributed by atoms with E-state index in [1.165, 1.54) is 30.3 Å². The van der Waals surface area contributed by atoms with Crippen LogP contribution in [0.25, 0.3) is 0 Å². The molecule has 0 aliphatic carbocycles. The van der Waals surface area contributed by atoms with Gasteiger partial charge in [-0.25, -0.2) is 8.78 Å². The van der Waals surface area contributed by atoms with Gasteiger partial charge in [0, 0.05) is 18.2 Å². The SMILES string of the molecule is O=C(c1cccc(F)c1)N1CCn2nc(OCc3cccc(F)c3)cc2C1. The predicted molar refractivity (Wildman–Crippen MR) is 94.1 cm³/mol. The maximum absolute atomic E-state index is 13.4. The largest absolute Gasteiger partial charge is 0.472 e. The fraction of sp³-hybridized carbons (Fsp3) is 0.200. The highest BCUT2D eigenvalue weighted by atomic mass is 19.1. The van der Waals surface area contributed by atoms with Crippen molar-refractivity contribution >= 4 is 5.91 Å². The molecule has 3 aromatic rings. The number of hydrogen-bond donors (Lipinski definition) is 0. The lowest BCUT2D eigenvalue weighted by Gasteiger charge is -2.27. The van der Waals surface area contributed by atoms with E-state index in [-0.39, 0.29) is 18.3 Å². The van der Waals surface area contributed by atoms with Crippen molar-refractivity contribution < 1.29 is 18.3 Å². The molecule has 5 nitrogen and oxygen atoms in total. The Morgan fingerprint density at radius 1 is 1.04 bits per heavy atom. The summed E-state index contributed by atoms with van der Waals surface area (Å²) in [5, 5.41) is 4.37. The number of aromatic nitrogens is 2. The van der Waals surface area contributed by atoms with Gasteiger partial charge in [0.05, 0.1) is 18.8 Å². The van der Waals surface area contributed by atoms with Gasteiger partial charge in [-0.15, -0.1) is 5.10 Å². The Labute approximate surface area is 154 Å². The van der Waals surface area contributed by atoms with Gasteiger partial charge in [-0.1, -0.05) is 18.2 Å². The fourth-order valence-corrected chi connectivity index (χ4v) is 3.07. The summed E-state index contributed by atoms with van der Waals surface area (Å²) in [5.74, 6) is -0.541. The average molecular weight is 369 g/mol. The van der Waals surface area contributed by atoms with Crippen LogP contribution >= 0.6 is 0 Å². The first-order chi connectivity index (χ1) is 13.1. The van der Waals surface area contributed by atoms with Crippen LogP contribution in [-0.4, -0.2) is 27.1 Å². The maximum Gasteiger partial charge on any atom is 0.254 e. The molecule has 4 rings (SSSR count). The third-order valence-electron chi connectivity index (χ3n) is 4.41. The molecule has 0 radical (unpaired) electrons. The second-order valence-electron chi connectivity index (χ2n) is 6.35. The third kappa shape index (κ3) is 3.81. The van der Waals surface area contributed by atoms with Gasteiger partial charge in [-0.05, 0) is 35.9 Å². The molecule has 2 heterocycles. The molecule has 1 aromatic heterocycles. The number of rotatable bonds is 4. The summed E-state index contributed by atoms with van der Waals surface area (Å²) in [5.41, 5.74) is 1.87. The minimum Gasteiger partial charge on any atom is -0.472 e. The van der Waals surface area contributed by atoms with Crippen LogP contribution in [0.5, 0.6) is 5.88 Å². The van der Waals surface area contributed by atoms with E-state index in [0.29, 0.717) is 36.6 Å². The highest BCUT2D eigenvalue weighted by Crippen LogP contribution is 2.21. The molecule has 0 spiro atoms. The van der Waals surface area contributed by atoms with Crippen molar-refractivity contribution in [2.24, 2.45) is 0 Å². The Morgan fingerprint density at radius 3 is 2.59 bits per heavy atom. The molecule has 0 unspecified atom stereocenters. The van der Waals surface area contributed by atoms with E-state index in [1.54, 1.807) is 33.8 Å². The van der Waals surface area contributed by atoms with E-state index in [2.05, 4.69) is 5.10 Å². The number of benzene rings is 2. The Bertz CT molecular complexity index is 987. The van der Waals surface area contributed by atoms with Gasteiger partial charge in [0.15, 0.2) is 0 Å². The van der Waals surface area contributed by atoms with Gasteiger partial charge in [0.1, 0.15) is 18.2 Å². The standard InChI is InChI=1S/C20H17F2N3O2/c21-16-5-1-3-14(9-16)13-27-19-11-18-12-24(7-8-25(18)23-19)20(26)15-4-2-6-17(22)10-15/h1-6,9-11H,7-8,12-13H2. The number of hydrogen-bond acceptors (Lipinski definition) is 3. The van der Waals surface area contributed by atoms with Crippen LogP contribution in [0.2, 0.25) is 0 Å². The number of nitrogens with zero attached hydrogens (tertiary/aromatic N) is 3. The van der Waals surface area contributed by atoms with Crippen LogP contribution in [0.4, 0.5) is 8.78 Å². The Kier molecular flexibility index (Phi) is 4.58. The Balaban J connectivity index is 1.43. The highest BCUT2D eigenvalue weighted by Gasteiger charge is 2.24. The summed E-state index contributed by atoms with van der Waals surface area (Å²) in [6, 6.07) is 13.6. The lowest BCUT2D eigenvalue weighted by molar-refractivity contribution is 0.0705. The summed E-state index contributed by atoms with van der Waals surface area (Å²) >= 11 is 0. The third-order valence-corrected chi connectivity index (χ3v) is 4.41. The van der Waals surface area contributed by atoms with Crippen LogP contribution < -0.4 is 4.74 Å². The van der Waals surface area contributed by atoms with E-state index >= 15 is 0 Å². The maximum atomic E-state index is 13.4. The zero-order valence-corrected chi connectivity index (χ0v) is 14.4. The molecule has 0 atom stereocenters. The normalized spacial score (nSPS) is 13.3. The van der Waals surface area contributed by atoms with Crippen molar-refractivity contribution in [2.75, 3.05) is 6.54 Å². The van der Waals surface area contributed by atoms with Gasteiger partial charge in [0.25, 0.3) is 5.91 Å². The van der Waals surface area contributed by atoms with E-state index < -0.39 is 5.82 Å². The molecule has 1 amide bonds. The number of amides is 1. The quantitative estimate of drug-likeness (QED) is 0.708. The molecule has 2 aromatic carbocycles. The molecule has 1 aliphatic heterocycles. The number of halogens is 2. The average Bonchev–Trinajstić information content (AvgIpc) is 3.08. The second-order valence-corrected chi connectivity index (χ2v) is 6.35. The van der Waals surface area contributed by atoms with Crippen LogP contribution in [0.1, 0.15) is 21.6 Å². The number of ether oxygens (including phenoxy) is 1.